The number of benzene rings is 1. The molecule has 1 aromatic rings. The van der Waals surface area contributed by atoms with Crippen molar-refractivity contribution in [2.24, 2.45) is 0 Å². The third kappa shape index (κ3) is 1.79. The van der Waals surface area contributed by atoms with Gasteiger partial charge in [-0.3, -0.25) is 0 Å². The molecule has 3 unspecified atom stereocenters. The van der Waals surface area contributed by atoms with E-state index in [2.05, 4.69) is 45.0 Å². The lowest BCUT2D eigenvalue weighted by Gasteiger charge is -2.39. The van der Waals surface area contributed by atoms with Crippen molar-refractivity contribution < 1.29 is 9.47 Å². The van der Waals surface area contributed by atoms with E-state index >= 15 is 0 Å². The highest BCUT2D eigenvalue weighted by molar-refractivity contribution is 5.16. The Morgan fingerprint density at radius 3 is 2.39 bits per heavy atom. The molecule has 1 aromatic carbocycles. The van der Waals surface area contributed by atoms with Gasteiger partial charge in [-0.25, -0.2) is 0 Å². The van der Waals surface area contributed by atoms with Gasteiger partial charge in [-0.1, -0.05) is 30.3 Å². The van der Waals surface area contributed by atoms with Crippen molar-refractivity contribution in [1.29, 1.82) is 0 Å². The zero-order valence-electron chi connectivity index (χ0n) is 11.5. The Kier molecular flexibility index (Phi) is 2.58. The van der Waals surface area contributed by atoms with Crippen LogP contribution in [-0.2, 0) is 16.1 Å². The summed E-state index contributed by atoms with van der Waals surface area (Å²) in [6, 6.07) is 10.4. The second kappa shape index (κ2) is 3.82. The highest BCUT2D eigenvalue weighted by Crippen LogP contribution is 2.57. The van der Waals surface area contributed by atoms with Crippen LogP contribution in [0.5, 0.6) is 0 Å². The Labute approximate surface area is 109 Å². The van der Waals surface area contributed by atoms with Gasteiger partial charge in [0.05, 0.1) is 23.4 Å². The van der Waals surface area contributed by atoms with Gasteiger partial charge >= 0.3 is 0 Å². The standard InChI is InChI=1S/C16H22O2/c1-14-9-10-15(2,18-14)16(3,12-14)17-11-13-7-5-4-6-8-13/h4-8H,9-12H2,1-3H3. The molecule has 2 heteroatoms. The van der Waals surface area contributed by atoms with Crippen molar-refractivity contribution in [3.63, 3.8) is 0 Å². The van der Waals surface area contributed by atoms with E-state index in [1.54, 1.807) is 0 Å². The predicted octanol–water partition coefficient (Wildman–Crippen LogP) is 3.69. The molecule has 18 heavy (non-hydrogen) atoms. The summed E-state index contributed by atoms with van der Waals surface area (Å²) < 4.78 is 12.5. The van der Waals surface area contributed by atoms with Crippen LogP contribution in [0.1, 0.15) is 45.6 Å². The third-order valence-electron chi connectivity index (χ3n) is 4.83. The zero-order chi connectivity index (χ0) is 12.9. The van der Waals surface area contributed by atoms with Gasteiger partial charge < -0.3 is 9.47 Å². The fraction of sp³-hybridized carbons (Fsp3) is 0.625. The third-order valence-corrected chi connectivity index (χ3v) is 4.83. The van der Waals surface area contributed by atoms with Crippen LogP contribution in [0.3, 0.4) is 0 Å². The molecular formula is C16H22O2. The van der Waals surface area contributed by atoms with Crippen LogP contribution in [0, 0.1) is 0 Å². The van der Waals surface area contributed by atoms with Gasteiger partial charge in [0.1, 0.15) is 0 Å². The van der Waals surface area contributed by atoms with E-state index in [1.165, 1.54) is 5.56 Å². The minimum Gasteiger partial charge on any atom is -0.368 e. The lowest BCUT2D eigenvalue weighted by molar-refractivity contribution is -0.138. The summed E-state index contributed by atoms with van der Waals surface area (Å²) in [6.07, 6.45) is 3.27. The van der Waals surface area contributed by atoms with Crippen molar-refractivity contribution in [1.82, 2.24) is 0 Å². The molecule has 2 heterocycles. The first-order valence-electron chi connectivity index (χ1n) is 6.83. The number of ether oxygens (including phenoxy) is 2. The molecule has 0 aromatic heterocycles. The lowest BCUT2D eigenvalue weighted by atomic mass is 9.73. The fourth-order valence-corrected chi connectivity index (χ4v) is 3.57. The summed E-state index contributed by atoms with van der Waals surface area (Å²) in [7, 11) is 0. The van der Waals surface area contributed by atoms with Crippen molar-refractivity contribution in [3.05, 3.63) is 35.9 Å². The van der Waals surface area contributed by atoms with Crippen LogP contribution in [-0.4, -0.2) is 16.8 Å². The van der Waals surface area contributed by atoms with E-state index in [-0.39, 0.29) is 16.8 Å². The minimum absolute atomic E-state index is 0.0280. The number of hydrogen-bond acceptors (Lipinski definition) is 2. The summed E-state index contributed by atoms with van der Waals surface area (Å²) >= 11 is 0. The maximum Gasteiger partial charge on any atom is 0.0972 e. The normalized spacial score (nSPS) is 42.4. The minimum atomic E-state index is -0.157. The molecule has 0 N–H and O–H groups in total. The smallest absolute Gasteiger partial charge is 0.0972 e. The highest BCUT2D eigenvalue weighted by atomic mass is 16.6. The molecule has 3 rings (SSSR count). The van der Waals surface area contributed by atoms with Crippen molar-refractivity contribution in [3.8, 4) is 0 Å². The van der Waals surface area contributed by atoms with Crippen molar-refractivity contribution >= 4 is 0 Å². The van der Waals surface area contributed by atoms with E-state index in [4.69, 9.17) is 9.47 Å². The number of hydrogen-bond donors (Lipinski definition) is 0. The van der Waals surface area contributed by atoms with Gasteiger partial charge in [-0.2, -0.15) is 0 Å². The fourth-order valence-electron chi connectivity index (χ4n) is 3.57. The summed E-state index contributed by atoms with van der Waals surface area (Å²) in [4.78, 5) is 0. The monoisotopic (exact) mass is 246 g/mol. The molecule has 2 aliphatic heterocycles. The van der Waals surface area contributed by atoms with E-state index in [0.717, 1.165) is 19.3 Å². The maximum absolute atomic E-state index is 6.25. The second-order valence-corrected chi connectivity index (χ2v) is 6.46. The molecule has 2 saturated heterocycles. The average Bonchev–Trinajstić information content (AvgIpc) is 2.75. The molecule has 3 atom stereocenters. The Hall–Kier alpha value is -0.860. The molecule has 0 radical (unpaired) electrons. The number of rotatable bonds is 3. The van der Waals surface area contributed by atoms with Gasteiger partial charge in [-0.05, 0) is 39.2 Å². The summed E-state index contributed by atoms with van der Waals surface area (Å²) in [6.45, 7) is 7.30. The molecule has 0 spiro atoms. The molecular weight excluding hydrogens is 224 g/mol. The molecule has 0 aliphatic carbocycles. The van der Waals surface area contributed by atoms with E-state index in [0.29, 0.717) is 6.61 Å². The average molecular weight is 246 g/mol. The van der Waals surface area contributed by atoms with E-state index in [9.17, 15) is 0 Å². The van der Waals surface area contributed by atoms with Crippen LogP contribution in [0.25, 0.3) is 0 Å². The van der Waals surface area contributed by atoms with Crippen LogP contribution in [0.4, 0.5) is 0 Å². The van der Waals surface area contributed by atoms with Gasteiger partial charge in [0.15, 0.2) is 0 Å². The Bertz CT molecular complexity index is 444. The SMILES string of the molecule is CC12CCC(C)(O1)C(C)(OCc1ccccc1)C2. The largest absolute Gasteiger partial charge is 0.368 e. The van der Waals surface area contributed by atoms with E-state index < -0.39 is 0 Å². The first-order valence-corrected chi connectivity index (χ1v) is 6.83. The summed E-state index contributed by atoms with van der Waals surface area (Å²) in [5.74, 6) is 0. The van der Waals surface area contributed by atoms with Crippen LogP contribution < -0.4 is 0 Å². The molecule has 2 aliphatic rings. The van der Waals surface area contributed by atoms with Crippen LogP contribution >= 0.6 is 0 Å². The molecule has 0 amide bonds. The molecule has 2 fully saturated rings. The molecule has 0 saturated carbocycles. The lowest BCUT2D eigenvalue weighted by Crippen LogP contribution is -2.48. The summed E-state index contributed by atoms with van der Waals surface area (Å²) in [5, 5.41) is 0. The first-order chi connectivity index (χ1) is 8.45. The predicted molar refractivity (Wildman–Crippen MR) is 71.4 cm³/mol. The van der Waals surface area contributed by atoms with Gasteiger partial charge in [0.2, 0.25) is 0 Å². The van der Waals surface area contributed by atoms with Gasteiger partial charge in [0.25, 0.3) is 0 Å². The molecule has 2 bridgehead atoms. The Morgan fingerprint density at radius 2 is 1.83 bits per heavy atom. The zero-order valence-corrected chi connectivity index (χ0v) is 11.5. The van der Waals surface area contributed by atoms with Crippen molar-refractivity contribution in [2.75, 3.05) is 0 Å². The van der Waals surface area contributed by atoms with Crippen LogP contribution in [0.2, 0.25) is 0 Å². The second-order valence-electron chi connectivity index (χ2n) is 6.46. The van der Waals surface area contributed by atoms with E-state index in [1.807, 2.05) is 6.07 Å². The topological polar surface area (TPSA) is 18.5 Å². The quantitative estimate of drug-likeness (QED) is 0.809. The molecule has 2 nitrogen and oxygen atoms in total. The summed E-state index contributed by atoms with van der Waals surface area (Å²) in [5.41, 5.74) is 0.988. The number of fused-ring (bicyclic) bond motifs is 2. The van der Waals surface area contributed by atoms with Gasteiger partial charge in [0, 0.05) is 6.42 Å². The highest BCUT2D eigenvalue weighted by Gasteiger charge is 2.64. The first kappa shape index (κ1) is 12.2. The molecule has 98 valence electrons. The maximum atomic E-state index is 6.25. The van der Waals surface area contributed by atoms with Crippen molar-refractivity contribution in [2.45, 2.75) is 63.4 Å². The Morgan fingerprint density at radius 1 is 1.11 bits per heavy atom. The van der Waals surface area contributed by atoms with Crippen LogP contribution in [0.15, 0.2) is 30.3 Å². The Balaban J connectivity index is 1.73. The van der Waals surface area contributed by atoms with Gasteiger partial charge in [-0.15, -0.1) is 0 Å².